The number of pyridine rings is 1. The van der Waals surface area contributed by atoms with Crippen molar-refractivity contribution in [2.24, 2.45) is 0 Å². The summed E-state index contributed by atoms with van der Waals surface area (Å²) in [5.74, 6) is 0.268. The van der Waals surface area contributed by atoms with E-state index < -0.39 is 0 Å². The molecule has 0 bridgehead atoms. The fourth-order valence-corrected chi connectivity index (χ4v) is 2.20. The van der Waals surface area contributed by atoms with E-state index in [-0.39, 0.29) is 5.91 Å². The van der Waals surface area contributed by atoms with Gasteiger partial charge in [-0.1, -0.05) is 11.8 Å². The van der Waals surface area contributed by atoms with Gasteiger partial charge in [0.15, 0.2) is 0 Å². The molecule has 1 amide bonds. The van der Waals surface area contributed by atoms with Crippen LogP contribution in [0.25, 0.3) is 11.3 Å². The predicted octanol–water partition coefficient (Wildman–Crippen LogP) is 1.39. The molecule has 0 radical (unpaired) electrons. The van der Waals surface area contributed by atoms with E-state index in [2.05, 4.69) is 20.5 Å². The second-order valence-corrected chi connectivity index (χ2v) is 5.12. The van der Waals surface area contributed by atoms with Gasteiger partial charge in [-0.2, -0.15) is 0 Å². The number of carbonyl (C=O) groups excluding carboxylic acids is 1. The Morgan fingerprint density at radius 3 is 2.71 bits per heavy atom. The number of hydrogen-bond acceptors (Lipinski definition) is 6. The SMILES string of the molecule is COCCNC(=O)CSc1ccc(-c2ccncc2)nn1. The van der Waals surface area contributed by atoms with Crippen molar-refractivity contribution in [1.29, 1.82) is 0 Å². The second-order valence-electron chi connectivity index (χ2n) is 4.12. The van der Waals surface area contributed by atoms with Gasteiger partial charge >= 0.3 is 0 Å². The molecule has 0 fully saturated rings. The molecule has 110 valence electrons. The predicted molar refractivity (Wildman–Crippen MR) is 80.9 cm³/mol. The number of ether oxygens (including phenoxy) is 1. The average Bonchev–Trinajstić information content (AvgIpc) is 2.54. The van der Waals surface area contributed by atoms with Gasteiger partial charge in [0.1, 0.15) is 5.03 Å². The summed E-state index contributed by atoms with van der Waals surface area (Å²) in [4.78, 5) is 15.5. The highest BCUT2D eigenvalue weighted by atomic mass is 32.2. The Kier molecular flexibility index (Phi) is 6.11. The van der Waals surface area contributed by atoms with Crippen LogP contribution in [0.4, 0.5) is 0 Å². The van der Waals surface area contributed by atoms with Crippen molar-refractivity contribution >= 4 is 17.7 Å². The highest BCUT2D eigenvalue weighted by Gasteiger charge is 2.05. The minimum absolute atomic E-state index is 0.0444. The third kappa shape index (κ3) is 5.13. The van der Waals surface area contributed by atoms with Crippen LogP contribution in [-0.2, 0) is 9.53 Å². The highest BCUT2D eigenvalue weighted by Crippen LogP contribution is 2.18. The Bertz CT molecular complexity index is 563. The van der Waals surface area contributed by atoms with E-state index in [9.17, 15) is 4.79 Å². The molecular weight excluding hydrogens is 288 g/mol. The number of thioether (sulfide) groups is 1. The quantitative estimate of drug-likeness (QED) is 0.615. The average molecular weight is 304 g/mol. The summed E-state index contributed by atoms with van der Waals surface area (Å²) in [6, 6.07) is 7.49. The Morgan fingerprint density at radius 2 is 2.05 bits per heavy atom. The Morgan fingerprint density at radius 1 is 1.24 bits per heavy atom. The van der Waals surface area contributed by atoms with Gasteiger partial charge in [0, 0.05) is 31.6 Å². The molecule has 2 aromatic heterocycles. The van der Waals surface area contributed by atoms with E-state index in [4.69, 9.17) is 4.74 Å². The van der Waals surface area contributed by atoms with Crippen molar-refractivity contribution in [3.63, 3.8) is 0 Å². The zero-order chi connectivity index (χ0) is 14.9. The number of nitrogens with zero attached hydrogens (tertiary/aromatic N) is 3. The minimum Gasteiger partial charge on any atom is -0.383 e. The summed E-state index contributed by atoms with van der Waals surface area (Å²) in [6.45, 7) is 1.03. The van der Waals surface area contributed by atoms with Crippen LogP contribution in [0, 0.1) is 0 Å². The maximum atomic E-state index is 11.5. The first kappa shape index (κ1) is 15.4. The fourth-order valence-electron chi connectivity index (χ4n) is 1.56. The monoisotopic (exact) mass is 304 g/mol. The van der Waals surface area contributed by atoms with Gasteiger partial charge < -0.3 is 10.1 Å². The lowest BCUT2D eigenvalue weighted by molar-refractivity contribution is -0.118. The molecule has 0 spiro atoms. The van der Waals surface area contributed by atoms with Crippen LogP contribution in [0.5, 0.6) is 0 Å². The standard InChI is InChI=1S/C14H16N4O2S/c1-20-9-8-16-13(19)10-21-14-3-2-12(17-18-14)11-4-6-15-7-5-11/h2-7H,8-10H2,1H3,(H,16,19). The van der Waals surface area contributed by atoms with Gasteiger partial charge in [-0.15, -0.1) is 10.2 Å². The molecule has 0 aromatic carbocycles. The molecule has 2 aromatic rings. The Labute approximate surface area is 127 Å². The van der Waals surface area contributed by atoms with Crippen molar-refractivity contribution < 1.29 is 9.53 Å². The Balaban J connectivity index is 1.84. The van der Waals surface area contributed by atoms with Crippen LogP contribution in [0.15, 0.2) is 41.7 Å². The van der Waals surface area contributed by atoms with Crippen molar-refractivity contribution in [2.75, 3.05) is 26.0 Å². The first-order valence-electron chi connectivity index (χ1n) is 6.42. The lowest BCUT2D eigenvalue weighted by Crippen LogP contribution is -2.28. The molecule has 7 heteroatoms. The topological polar surface area (TPSA) is 77.0 Å². The summed E-state index contributed by atoms with van der Waals surface area (Å²) < 4.78 is 4.86. The molecule has 6 nitrogen and oxygen atoms in total. The van der Waals surface area contributed by atoms with Crippen LogP contribution in [0.1, 0.15) is 0 Å². The molecule has 0 atom stereocenters. The molecule has 0 aliphatic carbocycles. The number of rotatable bonds is 7. The molecule has 2 heterocycles. The molecule has 0 aliphatic heterocycles. The van der Waals surface area contributed by atoms with Crippen molar-refractivity contribution in [3.8, 4) is 11.3 Å². The molecule has 0 saturated carbocycles. The van der Waals surface area contributed by atoms with Gasteiger partial charge in [0.05, 0.1) is 18.1 Å². The fraction of sp³-hybridized carbons (Fsp3) is 0.286. The lowest BCUT2D eigenvalue weighted by Gasteiger charge is -2.04. The maximum Gasteiger partial charge on any atom is 0.230 e. The van der Waals surface area contributed by atoms with Crippen LogP contribution >= 0.6 is 11.8 Å². The van der Waals surface area contributed by atoms with Gasteiger partial charge in [-0.05, 0) is 24.3 Å². The van der Waals surface area contributed by atoms with E-state index in [1.54, 1.807) is 19.5 Å². The molecule has 21 heavy (non-hydrogen) atoms. The van der Waals surface area contributed by atoms with E-state index in [1.807, 2.05) is 24.3 Å². The third-order valence-corrected chi connectivity index (χ3v) is 3.52. The van der Waals surface area contributed by atoms with Gasteiger partial charge in [0.2, 0.25) is 5.91 Å². The van der Waals surface area contributed by atoms with Crippen LogP contribution < -0.4 is 5.32 Å². The van der Waals surface area contributed by atoms with E-state index in [0.717, 1.165) is 16.3 Å². The molecule has 1 N–H and O–H groups in total. The molecule has 2 rings (SSSR count). The maximum absolute atomic E-state index is 11.5. The van der Waals surface area contributed by atoms with E-state index in [1.165, 1.54) is 11.8 Å². The number of hydrogen-bond donors (Lipinski definition) is 1. The number of carbonyl (C=O) groups is 1. The lowest BCUT2D eigenvalue weighted by atomic mass is 10.2. The number of aromatic nitrogens is 3. The molecular formula is C14H16N4O2S. The summed E-state index contributed by atoms with van der Waals surface area (Å²) in [5, 5.41) is 11.7. The largest absolute Gasteiger partial charge is 0.383 e. The summed E-state index contributed by atoms with van der Waals surface area (Å²) in [7, 11) is 1.60. The zero-order valence-corrected chi connectivity index (χ0v) is 12.5. The first-order valence-corrected chi connectivity index (χ1v) is 7.40. The van der Waals surface area contributed by atoms with Crippen molar-refractivity contribution in [3.05, 3.63) is 36.7 Å². The van der Waals surface area contributed by atoms with Gasteiger partial charge in [-0.3, -0.25) is 9.78 Å². The first-order chi connectivity index (χ1) is 10.3. The second kappa shape index (κ2) is 8.33. The highest BCUT2D eigenvalue weighted by molar-refractivity contribution is 7.99. The summed E-state index contributed by atoms with van der Waals surface area (Å²) in [6.07, 6.45) is 3.42. The smallest absolute Gasteiger partial charge is 0.230 e. The Hall–Kier alpha value is -1.99. The van der Waals surface area contributed by atoms with Crippen LogP contribution in [0.2, 0.25) is 0 Å². The van der Waals surface area contributed by atoms with Crippen LogP contribution in [-0.4, -0.2) is 47.1 Å². The van der Waals surface area contributed by atoms with Crippen molar-refractivity contribution in [1.82, 2.24) is 20.5 Å². The third-order valence-electron chi connectivity index (χ3n) is 2.60. The number of amides is 1. The summed E-state index contributed by atoms with van der Waals surface area (Å²) in [5.41, 5.74) is 1.75. The van der Waals surface area contributed by atoms with Gasteiger partial charge in [0.25, 0.3) is 0 Å². The molecule has 0 aliphatic rings. The van der Waals surface area contributed by atoms with Crippen molar-refractivity contribution in [2.45, 2.75) is 5.03 Å². The van der Waals surface area contributed by atoms with Gasteiger partial charge in [-0.25, -0.2) is 0 Å². The van der Waals surface area contributed by atoms with E-state index in [0.29, 0.717) is 18.9 Å². The normalized spacial score (nSPS) is 10.3. The van der Waals surface area contributed by atoms with E-state index >= 15 is 0 Å². The number of methoxy groups -OCH3 is 1. The van der Waals surface area contributed by atoms with Crippen LogP contribution in [0.3, 0.4) is 0 Å². The minimum atomic E-state index is -0.0444. The molecule has 0 unspecified atom stereocenters. The number of nitrogens with one attached hydrogen (secondary N) is 1. The molecule has 0 saturated heterocycles. The zero-order valence-electron chi connectivity index (χ0n) is 11.7. The summed E-state index contributed by atoms with van der Waals surface area (Å²) >= 11 is 1.35.